The lowest BCUT2D eigenvalue weighted by Gasteiger charge is -2.31. The van der Waals surface area contributed by atoms with Crippen LogP contribution in [0.2, 0.25) is 0 Å². The maximum absolute atomic E-state index is 5.97. The van der Waals surface area contributed by atoms with Crippen LogP contribution in [0.3, 0.4) is 0 Å². The molecule has 5 rings (SSSR count). The van der Waals surface area contributed by atoms with E-state index in [1.54, 1.807) is 6.26 Å². The van der Waals surface area contributed by atoms with E-state index < -0.39 is 0 Å². The SMILES string of the molecule is c1ccc(CCSc2nnc(C3CCN(Cc4ccco4)CC3)n2C[C@H]2CCCO2)cc1. The monoisotopic (exact) mass is 452 g/mol. The van der Waals surface area contributed by atoms with E-state index in [0.717, 1.165) is 87.4 Å². The lowest BCUT2D eigenvalue weighted by molar-refractivity contribution is 0.0931. The van der Waals surface area contributed by atoms with Crippen molar-refractivity contribution in [3.8, 4) is 0 Å². The lowest BCUT2D eigenvalue weighted by Crippen LogP contribution is -2.33. The van der Waals surface area contributed by atoms with Crippen molar-refractivity contribution < 1.29 is 9.15 Å². The van der Waals surface area contributed by atoms with Gasteiger partial charge in [0.25, 0.3) is 0 Å². The number of rotatable bonds is 9. The molecule has 0 N–H and O–H groups in total. The van der Waals surface area contributed by atoms with Crippen LogP contribution in [-0.4, -0.2) is 51.2 Å². The maximum Gasteiger partial charge on any atom is 0.191 e. The molecule has 7 heteroatoms. The first-order chi connectivity index (χ1) is 15.8. The van der Waals surface area contributed by atoms with Gasteiger partial charge in [-0.25, -0.2) is 0 Å². The minimum atomic E-state index is 0.289. The van der Waals surface area contributed by atoms with E-state index in [1.807, 2.05) is 17.8 Å². The van der Waals surface area contributed by atoms with E-state index in [4.69, 9.17) is 14.3 Å². The van der Waals surface area contributed by atoms with E-state index in [-0.39, 0.29) is 6.10 Å². The van der Waals surface area contributed by atoms with Crippen LogP contribution in [-0.2, 0) is 24.2 Å². The van der Waals surface area contributed by atoms with Crippen molar-refractivity contribution in [2.45, 2.75) is 62.4 Å². The van der Waals surface area contributed by atoms with Crippen molar-refractivity contribution in [3.63, 3.8) is 0 Å². The molecule has 2 fully saturated rings. The summed E-state index contributed by atoms with van der Waals surface area (Å²) in [6.07, 6.45) is 7.60. The van der Waals surface area contributed by atoms with Gasteiger partial charge >= 0.3 is 0 Å². The highest BCUT2D eigenvalue weighted by molar-refractivity contribution is 7.99. The largest absolute Gasteiger partial charge is 0.468 e. The summed E-state index contributed by atoms with van der Waals surface area (Å²) in [5.41, 5.74) is 1.37. The molecule has 0 amide bonds. The highest BCUT2D eigenvalue weighted by Gasteiger charge is 2.28. The van der Waals surface area contributed by atoms with Crippen LogP contribution in [0.5, 0.6) is 0 Å². The zero-order chi connectivity index (χ0) is 21.6. The highest BCUT2D eigenvalue weighted by Crippen LogP contribution is 2.31. The molecule has 0 radical (unpaired) electrons. The van der Waals surface area contributed by atoms with E-state index in [0.29, 0.717) is 5.92 Å². The molecule has 32 heavy (non-hydrogen) atoms. The quantitative estimate of drug-likeness (QED) is 0.436. The van der Waals surface area contributed by atoms with Crippen LogP contribution in [0.1, 0.15) is 48.7 Å². The van der Waals surface area contributed by atoms with Crippen molar-refractivity contribution >= 4 is 11.8 Å². The molecule has 0 unspecified atom stereocenters. The summed E-state index contributed by atoms with van der Waals surface area (Å²) in [4.78, 5) is 2.48. The Morgan fingerprint density at radius 3 is 2.62 bits per heavy atom. The molecule has 170 valence electrons. The minimum absolute atomic E-state index is 0.289. The molecule has 2 aromatic heterocycles. The molecule has 0 bridgehead atoms. The summed E-state index contributed by atoms with van der Waals surface area (Å²) in [7, 11) is 0. The Kier molecular flexibility index (Phi) is 7.26. The molecule has 1 atom stereocenters. The van der Waals surface area contributed by atoms with E-state index in [2.05, 4.69) is 51.0 Å². The first kappa shape index (κ1) is 21.7. The van der Waals surface area contributed by atoms with Gasteiger partial charge in [-0.05, 0) is 62.9 Å². The molecular formula is C25H32N4O2S. The average Bonchev–Trinajstić information content (AvgIpc) is 3.59. The van der Waals surface area contributed by atoms with Gasteiger partial charge in [0.05, 0.1) is 25.5 Å². The standard InChI is InChI=1S/C25H32N4O2S/c1-2-6-20(7-3-1)12-17-32-25-27-26-24(29(25)19-23-9-5-16-31-23)21-10-13-28(14-11-21)18-22-8-4-15-30-22/h1-4,6-8,15,21,23H,5,9-14,16-19H2/t23-/m1/s1. The third-order valence-electron chi connectivity index (χ3n) is 6.53. The van der Waals surface area contributed by atoms with Gasteiger partial charge in [0.15, 0.2) is 5.16 Å². The lowest BCUT2D eigenvalue weighted by atomic mass is 9.95. The number of aromatic nitrogens is 3. The third-order valence-corrected chi connectivity index (χ3v) is 7.50. The van der Waals surface area contributed by atoms with Gasteiger partial charge in [0, 0.05) is 18.3 Å². The fraction of sp³-hybridized carbons (Fsp3) is 0.520. The predicted octanol–water partition coefficient (Wildman–Crippen LogP) is 4.76. The molecule has 2 aliphatic rings. The number of thioether (sulfide) groups is 1. The van der Waals surface area contributed by atoms with Gasteiger partial charge in [-0.3, -0.25) is 4.90 Å². The Labute approximate surface area is 194 Å². The fourth-order valence-corrected chi connectivity index (χ4v) is 5.69. The molecule has 2 aliphatic heterocycles. The Morgan fingerprint density at radius 1 is 1.00 bits per heavy atom. The van der Waals surface area contributed by atoms with Gasteiger partial charge in [-0.1, -0.05) is 42.1 Å². The predicted molar refractivity (Wildman–Crippen MR) is 126 cm³/mol. The second kappa shape index (κ2) is 10.7. The first-order valence-corrected chi connectivity index (χ1v) is 12.8. The number of nitrogens with zero attached hydrogens (tertiary/aromatic N) is 4. The summed E-state index contributed by atoms with van der Waals surface area (Å²) in [5, 5.41) is 10.4. The highest BCUT2D eigenvalue weighted by atomic mass is 32.2. The first-order valence-electron chi connectivity index (χ1n) is 11.8. The van der Waals surface area contributed by atoms with Crippen LogP contribution in [0, 0.1) is 0 Å². The number of furan rings is 1. The van der Waals surface area contributed by atoms with Gasteiger partial charge in [-0.2, -0.15) is 0 Å². The van der Waals surface area contributed by atoms with E-state index in [9.17, 15) is 0 Å². The maximum atomic E-state index is 5.97. The second-order valence-corrected chi connectivity index (χ2v) is 9.86. The normalized spacial score (nSPS) is 20.2. The molecule has 6 nitrogen and oxygen atoms in total. The second-order valence-electron chi connectivity index (χ2n) is 8.80. The van der Waals surface area contributed by atoms with Crippen molar-refractivity contribution in [2.24, 2.45) is 0 Å². The topological polar surface area (TPSA) is 56.3 Å². The van der Waals surface area contributed by atoms with Crippen LogP contribution < -0.4 is 0 Å². The van der Waals surface area contributed by atoms with Crippen molar-refractivity contribution in [3.05, 3.63) is 65.9 Å². The molecule has 0 saturated carbocycles. The van der Waals surface area contributed by atoms with Crippen LogP contribution in [0.4, 0.5) is 0 Å². The Bertz CT molecular complexity index is 946. The number of aryl methyl sites for hydroxylation is 1. The Balaban J connectivity index is 1.24. The Hall–Kier alpha value is -2.09. The average molecular weight is 453 g/mol. The molecule has 0 aliphatic carbocycles. The Morgan fingerprint density at radius 2 is 1.88 bits per heavy atom. The summed E-state index contributed by atoms with van der Waals surface area (Å²) in [5.74, 6) is 3.66. The number of likely N-dealkylation sites (tertiary alicyclic amines) is 1. The van der Waals surface area contributed by atoms with Gasteiger partial charge in [0.1, 0.15) is 11.6 Å². The molecular weight excluding hydrogens is 420 g/mol. The molecule has 0 spiro atoms. The molecule has 4 heterocycles. The number of hydrogen-bond donors (Lipinski definition) is 0. The zero-order valence-corrected chi connectivity index (χ0v) is 19.4. The van der Waals surface area contributed by atoms with Gasteiger partial charge < -0.3 is 13.7 Å². The van der Waals surface area contributed by atoms with Crippen LogP contribution in [0.15, 0.2) is 58.3 Å². The third kappa shape index (κ3) is 5.45. The smallest absolute Gasteiger partial charge is 0.191 e. The summed E-state index contributed by atoms with van der Waals surface area (Å²) in [6, 6.07) is 14.7. The summed E-state index contributed by atoms with van der Waals surface area (Å²) < 4.78 is 13.9. The van der Waals surface area contributed by atoms with Gasteiger partial charge in [0.2, 0.25) is 0 Å². The number of benzene rings is 1. The number of piperidine rings is 1. The molecule has 2 saturated heterocycles. The number of ether oxygens (including phenoxy) is 1. The van der Waals surface area contributed by atoms with Crippen LogP contribution in [0.25, 0.3) is 0 Å². The zero-order valence-electron chi connectivity index (χ0n) is 18.6. The molecule has 3 aromatic rings. The minimum Gasteiger partial charge on any atom is -0.468 e. The summed E-state index contributed by atoms with van der Waals surface area (Å²) >= 11 is 1.82. The van der Waals surface area contributed by atoms with E-state index >= 15 is 0 Å². The number of hydrogen-bond acceptors (Lipinski definition) is 6. The van der Waals surface area contributed by atoms with Crippen LogP contribution >= 0.6 is 11.8 Å². The van der Waals surface area contributed by atoms with Gasteiger partial charge in [-0.15, -0.1) is 10.2 Å². The van der Waals surface area contributed by atoms with Crippen molar-refractivity contribution in [1.29, 1.82) is 0 Å². The summed E-state index contributed by atoms with van der Waals surface area (Å²) in [6.45, 7) is 4.78. The van der Waals surface area contributed by atoms with E-state index in [1.165, 1.54) is 5.56 Å². The fourth-order valence-electron chi connectivity index (χ4n) is 4.75. The van der Waals surface area contributed by atoms with Crippen molar-refractivity contribution in [2.75, 3.05) is 25.4 Å². The van der Waals surface area contributed by atoms with Crippen molar-refractivity contribution in [1.82, 2.24) is 19.7 Å². The molecule has 1 aromatic carbocycles.